The monoisotopic (exact) mass is 706 g/mol. The van der Waals surface area contributed by atoms with Crippen molar-refractivity contribution in [2.45, 2.75) is 79.1 Å². The van der Waals surface area contributed by atoms with Gasteiger partial charge in [0, 0.05) is 34.2 Å². The molecule has 6 nitrogen and oxygen atoms in total. The molecule has 2 unspecified atom stereocenters. The number of anilines is 2. The SMILES string of the molecule is CCCCC(CC)CN1C(=O)C2=C(c3ccc(-c4ccc(N)cc4)s3)N(CC(CC)CCCC)C(=O)C2=C1c1ccc(-c2ccc(N)cc2)s1. The maximum Gasteiger partial charge on any atom is 0.261 e. The fraction of sp³-hybridized carbons (Fsp3) is 0.381. The Morgan fingerprint density at radius 1 is 0.540 bits per heavy atom. The first-order valence-electron chi connectivity index (χ1n) is 18.3. The Morgan fingerprint density at radius 3 is 1.24 bits per heavy atom. The number of hydrogen-bond acceptors (Lipinski definition) is 6. The van der Waals surface area contributed by atoms with Crippen molar-refractivity contribution in [2.75, 3.05) is 24.6 Å². The van der Waals surface area contributed by atoms with Crippen molar-refractivity contribution in [3.8, 4) is 20.9 Å². The number of unbranched alkanes of at least 4 members (excludes halogenated alkanes) is 2. The number of amides is 2. The van der Waals surface area contributed by atoms with Crippen LogP contribution in [0.25, 0.3) is 32.3 Å². The second-order valence-electron chi connectivity index (χ2n) is 13.7. The van der Waals surface area contributed by atoms with Crippen LogP contribution in [0.1, 0.15) is 88.8 Å². The fourth-order valence-electron chi connectivity index (χ4n) is 7.14. The Bertz CT molecular complexity index is 1740. The van der Waals surface area contributed by atoms with Crippen LogP contribution in [0.5, 0.6) is 0 Å². The number of carbonyl (C=O) groups is 2. The van der Waals surface area contributed by atoms with Gasteiger partial charge in [-0.2, -0.15) is 0 Å². The van der Waals surface area contributed by atoms with E-state index in [2.05, 4.69) is 52.0 Å². The molecule has 0 saturated carbocycles. The lowest BCUT2D eigenvalue weighted by Crippen LogP contribution is -2.34. The number of rotatable bonds is 16. The van der Waals surface area contributed by atoms with E-state index in [-0.39, 0.29) is 11.8 Å². The van der Waals surface area contributed by atoms with E-state index in [9.17, 15) is 9.59 Å². The van der Waals surface area contributed by atoms with Crippen molar-refractivity contribution >= 4 is 57.3 Å². The Kier molecular flexibility index (Phi) is 11.3. The number of benzene rings is 2. The van der Waals surface area contributed by atoms with Crippen LogP contribution in [0, 0.1) is 11.8 Å². The van der Waals surface area contributed by atoms with E-state index in [0.29, 0.717) is 36.1 Å². The molecule has 4 heterocycles. The zero-order valence-electron chi connectivity index (χ0n) is 29.8. The smallest absolute Gasteiger partial charge is 0.261 e. The first-order chi connectivity index (χ1) is 24.3. The normalized spacial score (nSPS) is 15.8. The number of nitrogens with two attached hydrogens (primary N) is 2. The summed E-state index contributed by atoms with van der Waals surface area (Å²) in [6.07, 6.45) is 8.52. The van der Waals surface area contributed by atoms with Crippen molar-refractivity contribution in [1.29, 1.82) is 0 Å². The summed E-state index contributed by atoms with van der Waals surface area (Å²) in [6, 6.07) is 24.1. The van der Waals surface area contributed by atoms with E-state index in [1.165, 1.54) is 0 Å². The molecule has 2 amide bonds. The van der Waals surface area contributed by atoms with Crippen molar-refractivity contribution < 1.29 is 9.59 Å². The van der Waals surface area contributed by atoms with Crippen LogP contribution in [0.4, 0.5) is 11.4 Å². The molecule has 0 bridgehead atoms. The summed E-state index contributed by atoms with van der Waals surface area (Å²) < 4.78 is 0. The summed E-state index contributed by atoms with van der Waals surface area (Å²) in [5.74, 6) is 0.583. The molecular formula is C42H50N4O2S2. The molecule has 50 heavy (non-hydrogen) atoms. The second-order valence-corrected chi connectivity index (χ2v) is 15.9. The van der Waals surface area contributed by atoms with Gasteiger partial charge >= 0.3 is 0 Å². The largest absolute Gasteiger partial charge is 0.399 e. The fourth-order valence-corrected chi connectivity index (χ4v) is 9.29. The Labute approximate surface area is 305 Å². The summed E-state index contributed by atoms with van der Waals surface area (Å²) in [7, 11) is 0. The molecular weight excluding hydrogens is 657 g/mol. The van der Waals surface area contributed by atoms with E-state index in [1.807, 2.05) is 58.3 Å². The average Bonchev–Trinajstić information content (AvgIpc) is 3.91. The Balaban J connectivity index is 1.51. The number of hydrogen-bond donors (Lipinski definition) is 2. The summed E-state index contributed by atoms with van der Waals surface area (Å²) in [4.78, 5) is 37.9. The van der Waals surface area contributed by atoms with Gasteiger partial charge < -0.3 is 21.3 Å². The highest BCUT2D eigenvalue weighted by Gasteiger charge is 2.50. The van der Waals surface area contributed by atoms with E-state index in [1.54, 1.807) is 22.7 Å². The standard InChI is InChI=1S/C42H50N4O2S2/c1-5-9-11-27(7-3)25-45-39(35-23-21-33(49-35)29-13-17-31(43)18-14-29)37-38(41(45)47)40(46(42(37)48)26-28(8-4)12-10-6-2)36-24-22-34(50-36)30-15-19-32(44)20-16-30/h13-24,27-28H,5-12,25-26,43-44H2,1-4H3. The van der Waals surface area contributed by atoms with Crippen LogP contribution in [0.3, 0.4) is 0 Å². The summed E-state index contributed by atoms with van der Waals surface area (Å²) in [5, 5.41) is 0. The molecule has 2 aliphatic rings. The number of nitrogens with zero attached hydrogens (tertiary/aromatic N) is 2. The van der Waals surface area contributed by atoms with Gasteiger partial charge in [-0.1, -0.05) is 90.5 Å². The number of nitrogen functional groups attached to an aromatic ring is 2. The lowest BCUT2D eigenvalue weighted by Gasteiger charge is -2.29. The molecule has 0 aliphatic carbocycles. The zero-order chi connectivity index (χ0) is 35.4. The van der Waals surface area contributed by atoms with Gasteiger partial charge in [-0.05, 0) is 84.3 Å². The zero-order valence-corrected chi connectivity index (χ0v) is 31.5. The van der Waals surface area contributed by atoms with Crippen molar-refractivity contribution in [2.24, 2.45) is 11.8 Å². The van der Waals surface area contributed by atoms with Gasteiger partial charge in [-0.15, -0.1) is 22.7 Å². The van der Waals surface area contributed by atoms with Crippen molar-refractivity contribution in [1.82, 2.24) is 9.80 Å². The quantitative estimate of drug-likeness (QED) is 0.113. The van der Waals surface area contributed by atoms with Gasteiger partial charge in [0.2, 0.25) is 0 Å². The number of thiophene rings is 2. The highest BCUT2D eigenvalue weighted by molar-refractivity contribution is 7.17. The van der Waals surface area contributed by atoms with Gasteiger partial charge in [-0.3, -0.25) is 9.59 Å². The molecule has 2 aliphatic heterocycles. The second kappa shape index (κ2) is 15.8. The molecule has 2 atom stereocenters. The lowest BCUT2D eigenvalue weighted by molar-refractivity contribution is -0.124. The van der Waals surface area contributed by atoms with E-state index < -0.39 is 0 Å². The highest BCUT2D eigenvalue weighted by atomic mass is 32.1. The third-order valence-corrected chi connectivity index (χ3v) is 12.5. The van der Waals surface area contributed by atoms with E-state index >= 15 is 0 Å². The predicted octanol–water partition coefficient (Wildman–Crippen LogP) is 10.5. The van der Waals surface area contributed by atoms with Crippen LogP contribution in [0.15, 0.2) is 83.9 Å². The molecule has 4 aromatic rings. The Hall–Kier alpha value is -4.14. The van der Waals surface area contributed by atoms with Gasteiger partial charge in [0.25, 0.3) is 11.8 Å². The van der Waals surface area contributed by atoms with Crippen LogP contribution in [0.2, 0.25) is 0 Å². The molecule has 4 N–H and O–H groups in total. The minimum atomic E-state index is -0.0534. The van der Waals surface area contributed by atoms with Gasteiger partial charge in [0.1, 0.15) is 0 Å². The molecule has 0 fully saturated rings. The van der Waals surface area contributed by atoms with Crippen LogP contribution in [-0.2, 0) is 9.59 Å². The van der Waals surface area contributed by atoms with Crippen molar-refractivity contribution in [3.05, 3.63) is 93.7 Å². The topological polar surface area (TPSA) is 92.7 Å². The number of fused-ring (bicyclic) bond motifs is 1. The average molecular weight is 707 g/mol. The van der Waals surface area contributed by atoms with E-state index in [4.69, 9.17) is 11.5 Å². The molecule has 8 heteroatoms. The first-order valence-corrected chi connectivity index (χ1v) is 20.0. The highest BCUT2D eigenvalue weighted by Crippen LogP contribution is 2.50. The summed E-state index contributed by atoms with van der Waals surface area (Å²) in [5.41, 5.74) is 18.2. The summed E-state index contributed by atoms with van der Waals surface area (Å²) in [6.45, 7) is 10.0. The minimum absolute atomic E-state index is 0.0534. The molecule has 0 spiro atoms. The van der Waals surface area contributed by atoms with E-state index in [0.717, 1.165) is 105 Å². The first kappa shape index (κ1) is 35.7. The van der Waals surface area contributed by atoms with Crippen LogP contribution >= 0.6 is 22.7 Å². The van der Waals surface area contributed by atoms with Crippen LogP contribution in [-0.4, -0.2) is 34.7 Å². The lowest BCUT2D eigenvalue weighted by atomic mass is 9.98. The molecule has 0 saturated heterocycles. The maximum atomic E-state index is 15.0. The summed E-state index contributed by atoms with van der Waals surface area (Å²) >= 11 is 3.27. The molecule has 6 rings (SSSR count). The third-order valence-electron chi connectivity index (χ3n) is 10.2. The predicted molar refractivity (Wildman–Crippen MR) is 212 cm³/mol. The Morgan fingerprint density at radius 2 is 0.900 bits per heavy atom. The molecule has 262 valence electrons. The maximum absolute atomic E-state index is 15.0. The number of carbonyl (C=O) groups excluding carboxylic acids is 2. The third kappa shape index (κ3) is 7.19. The van der Waals surface area contributed by atoms with Crippen LogP contribution < -0.4 is 11.5 Å². The molecule has 2 aromatic heterocycles. The minimum Gasteiger partial charge on any atom is -0.399 e. The van der Waals surface area contributed by atoms with Crippen molar-refractivity contribution in [3.63, 3.8) is 0 Å². The van der Waals surface area contributed by atoms with Gasteiger partial charge in [-0.25, -0.2) is 0 Å². The van der Waals surface area contributed by atoms with Gasteiger partial charge in [0.15, 0.2) is 0 Å². The molecule has 2 aromatic carbocycles. The van der Waals surface area contributed by atoms with Gasteiger partial charge in [0.05, 0.1) is 32.3 Å². The molecule has 0 radical (unpaired) electrons.